The van der Waals surface area contributed by atoms with Gasteiger partial charge in [-0.2, -0.15) is 0 Å². The van der Waals surface area contributed by atoms with Crippen LogP contribution in [0.25, 0.3) is 0 Å². The molecule has 2 fully saturated rings. The molecular formula is C21H31F. The highest BCUT2D eigenvalue weighted by atomic mass is 19.1. The zero-order valence-electron chi connectivity index (χ0n) is 14.1. The first-order chi connectivity index (χ1) is 10.8. The van der Waals surface area contributed by atoms with Gasteiger partial charge in [-0.1, -0.05) is 50.8 Å². The normalized spacial score (nSPS) is 32.8. The van der Waals surface area contributed by atoms with Crippen LogP contribution in [0.1, 0.15) is 82.6 Å². The van der Waals surface area contributed by atoms with Crippen LogP contribution in [-0.2, 0) is 0 Å². The van der Waals surface area contributed by atoms with E-state index >= 15 is 0 Å². The summed E-state index contributed by atoms with van der Waals surface area (Å²) >= 11 is 0. The van der Waals surface area contributed by atoms with Gasteiger partial charge in [0.25, 0.3) is 0 Å². The lowest BCUT2D eigenvalue weighted by molar-refractivity contribution is 0.156. The Hall–Kier alpha value is -0.850. The van der Waals surface area contributed by atoms with Gasteiger partial charge in [-0.3, -0.25) is 0 Å². The van der Waals surface area contributed by atoms with Crippen molar-refractivity contribution in [1.29, 1.82) is 0 Å². The molecule has 0 aromatic heterocycles. The van der Waals surface area contributed by atoms with Crippen molar-refractivity contribution in [2.75, 3.05) is 0 Å². The number of halogens is 1. The molecule has 0 bridgehead atoms. The molecule has 0 saturated heterocycles. The Morgan fingerprint density at radius 3 is 2.05 bits per heavy atom. The highest BCUT2D eigenvalue weighted by Crippen LogP contribution is 2.44. The Morgan fingerprint density at radius 1 is 0.864 bits per heavy atom. The van der Waals surface area contributed by atoms with Gasteiger partial charge in [-0.15, -0.1) is 0 Å². The summed E-state index contributed by atoms with van der Waals surface area (Å²) in [7, 11) is 0. The van der Waals surface area contributed by atoms with Gasteiger partial charge < -0.3 is 0 Å². The molecular weight excluding hydrogens is 271 g/mol. The predicted octanol–water partition coefficient (Wildman–Crippen LogP) is 6.71. The van der Waals surface area contributed by atoms with Crippen LogP contribution in [0.5, 0.6) is 0 Å². The van der Waals surface area contributed by atoms with E-state index in [-0.39, 0.29) is 5.82 Å². The maximum atomic E-state index is 13.9. The fourth-order valence-electron chi connectivity index (χ4n) is 5.06. The first kappa shape index (κ1) is 16.0. The summed E-state index contributed by atoms with van der Waals surface area (Å²) in [4.78, 5) is 0. The fourth-order valence-corrected chi connectivity index (χ4v) is 5.06. The Morgan fingerprint density at radius 2 is 1.45 bits per heavy atom. The number of hydrogen-bond donors (Lipinski definition) is 0. The largest absolute Gasteiger partial charge is 0.207 e. The van der Waals surface area contributed by atoms with Gasteiger partial charge >= 0.3 is 0 Å². The molecule has 0 nitrogen and oxygen atoms in total. The summed E-state index contributed by atoms with van der Waals surface area (Å²) < 4.78 is 13.9. The van der Waals surface area contributed by atoms with E-state index in [2.05, 4.69) is 6.92 Å². The molecule has 0 aliphatic heterocycles. The number of hydrogen-bond acceptors (Lipinski definition) is 0. The first-order valence-corrected chi connectivity index (χ1v) is 9.52. The second-order valence-corrected chi connectivity index (χ2v) is 7.70. The van der Waals surface area contributed by atoms with Crippen LogP contribution in [0.15, 0.2) is 24.3 Å². The molecule has 3 rings (SSSR count). The van der Waals surface area contributed by atoms with Gasteiger partial charge in [0.2, 0.25) is 0 Å². The van der Waals surface area contributed by atoms with Crippen molar-refractivity contribution in [3.05, 3.63) is 35.6 Å². The van der Waals surface area contributed by atoms with Crippen LogP contribution in [0.2, 0.25) is 0 Å². The molecule has 1 aromatic carbocycles. The molecule has 0 N–H and O–H groups in total. The van der Waals surface area contributed by atoms with Crippen molar-refractivity contribution in [2.45, 2.75) is 77.0 Å². The molecule has 2 aliphatic rings. The minimum atomic E-state index is 0.00558. The lowest BCUT2D eigenvalue weighted by Gasteiger charge is -2.38. The zero-order chi connectivity index (χ0) is 15.4. The highest BCUT2D eigenvalue weighted by Gasteiger charge is 2.31. The third kappa shape index (κ3) is 3.73. The SMILES string of the molecule is CCC[C@H]1CC[C@H](C2CCC(c3ccccc3F)CC2)CC1. The smallest absolute Gasteiger partial charge is 0.126 e. The van der Waals surface area contributed by atoms with E-state index in [4.69, 9.17) is 0 Å². The number of rotatable bonds is 4. The summed E-state index contributed by atoms with van der Waals surface area (Å²) in [6, 6.07) is 7.41. The van der Waals surface area contributed by atoms with Crippen LogP contribution in [-0.4, -0.2) is 0 Å². The van der Waals surface area contributed by atoms with Gasteiger partial charge in [-0.05, 0) is 73.8 Å². The molecule has 22 heavy (non-hydrogen) atoms. The van der Waals surface area contributed by atoms with E-state index in [0.717, 1.165) is 23.3 Å². The van der Waals surface area contributed by atoms with Gasteiger partial charge in [0, 0.05) is 0 Å². The Kier molecular flexibility index (Phi) is 5.55. The first-order valence-electron chi connectivity index (χ1n) is 9.52. The molecule has 0 heterocycles. The van der Waals surface area contributed by atoms with Crippen molar-refractivity contribution in [2.24, 2.45) is 17.8 Å². The maximum Gasteiger partial charge on any atom is 0.126 e. The monoisotopic (exact) mass is 302 g/mol. The molecule has 0 unspecified atom stereocenters. The van der Waals surface area contributed by atoms with Gasteiger partial charge in [0.1, 0.15) is 5.82 Å². The zero-order valence-corrected chi connectivity index (χ0v) is 14.1. The molecule has 0 amide bonds. The minimum absolute atomic E-state index is 0.00558. The second-order valence-electron chi connectivity index (χ2n) is 7.70. The average Bonchev–Trinajstić information content (AvgIpc) is 2.57. The van der Waals surface area contributed by atoms with E-state index in [1.54, 1.807) is 12.1 Å². The minimum Gasteiger partial charge on any atom is -0.207 e. The maximum absolute atomic E-state index is 13.9. The molecule has 1 aromatic rings. The van der Waals surface area contributed by atoms with Gasteiger partial charge in [-0.25, -0.2) is 4.39 Å². The van der Waals surface area contributed by atoms with Gasteiger partial charge in [0.15, 0.2) is 0 Å². The quantitative estimate of drug-likeness (QED) is 0.580. The van der Waals surface area contributed by atoms with Crippen molar-refractivity contribution >= 4 is 0 Å². The molecule has 122 valence electrons. The van der Waals surface area contributed by atoms with E-state index in [1.165, 1.54) is 64.2 Å². The summed E-state index contributed by atoms with van der Waals surface area (Å²) in [5.41, 5.74) is 0.965. The summed E-state index contributed by atoms with van der Waals surface area (Å²) in [6.07, 6.45) is 13.7. The standard InChI is InChI=1S/C21H31F/c1-2-5-16-8-10-17(11-9-16)18-12-14-19(15-13-18)20-6-3-4-7-21(20)22/h3-4,6-7,16-19H,2,5,8-15H2,1H3/t16-,17-,18?,19?. The molecule has 0 spiro atoms. The van der Waals surface area contributed by atoms with Crippen molar-refractivity contribution in [3.63, 3.8) is 0 Å². The number of benzene rings is 1. The van der Waals surface area contributed by atoms with Crippen molar-refractivity contribution < 1.29 is 4.39 Å². The molecule has 0 atom stereocenters. The summed E-state index contributed by atoms with van der Waals surface area (Å²) in [5, 5.41) is 0. The molecule has 1 heteroatoms. The predicted molar refractivity (Wildman–Crippen MR) is 91.5 cm³/mol. The third-order valence-electron chi connectivity index (χ3n) is 6.37. The Bertz CT molecular complexity index is 451. The van der Waals surface area contributed by atoms with Crippen LogP contribution < -0.4 is 0 Å². The fraction of sp³-hybridized carbons (Fsp3) is 0.714. The summed E-state index contributed by atoms with van der Waals surface area (Å²) in [5.74, 6) is 3.37. The van der Waals surface area contributed by atoms with Crippen LogP contribution in [0.3, 0.4) is 0 Å². The van der Waals surface area contributed by atoms with E-state index < -0.39 is 0 Å². The second kappa shape index (κ2) is 7.62. The topological polar surface area (TPSA) is 0 Å². The van der Waals surface area contributed by atoms with E-state index in [1.807, 2.05) is 12.1 Å². The molecule has 2 aliphatic carbocycles. The van der Waals surface area contributed by atoms with Crippen LogP contribution >= 0.6 is 0 Å². The van der Waals surface area contributed by atoms with Crippen LogP contribution in [0.4, 0.5) is 4.39 Å². The third-order valence-corrected chi connectivity index (χ3v) is 6.37. The molecule has 0 radical (unpaired) electrons. The van der Waals surface area contributed by atoms with Crippen LogP contribution in [0, 0.1) is 23.6 Å². The summed E-state index contributed by atoms with van der Waals surface area (Å²) in [6.45, 7) is 2.32. The van der Waals surface area contributed by atoms with Crippen molar-refractivity contribution in [3.8, 4) is 0 Å². The van der Waals surface area contributed by atoms with E-state index in [9.17, 15) is 4.39 Å². The Balaban J connectivity index is 1.49. The van der Waals surface area contributed by atoms with E-state index in [0.29, 0.717) is 5.92 Å². The lowest BCUT2D eigenvalue weighted by atomic mass is 9.68. The van der Waals surface area contributed by atoms with Gasteiger partial charge in [0.05, 0.1) is 0 Å². The van der Waals surface area contributed by atoms with Crippen molar-refractivity contribution in [1.82, 2.24) is 0 Å². The lowest BCUT2D eigenvalue weighted by Crippen LogP contribution is -2.25. The average molecular weight is 302 g/mol. The highest BCUT2D eigenvalue weighted by molar-refractivity contribution is 5.22. The molecule has 2 saturated carbocycles. The Labute approximate surface area is 135 Å².